The molecule has 5 nitrogen and oxygen atoms in total. The highest BCUT2D eigenvalue weighted by molar-refractivity contribution is 6.30. The van der Waals surface area contributed by atoms with Gasteiger partial charge in [0, 0.05) is 22.0 Å². The van der Waals surface area contributed by atoms with Gasteiger partial charge in [-0.05, 0) is 37.6 Å². The van der Waals surface area contributed by atoms with E-state index in [1.165, 1.54) is 6.33 Å². The van der Waals surface area contributed by atoms with Crippen LogP contribution in [0.25, 0.3) is 5.78 Å². The third-order valence-corrected chi connectivity index (χ3v) is 3.59. The van der Waals surface area contributed by atoms with Crippen LogP contribution in [-0.4, -0.2) is 19.6 Å². The van der Waals surface area contributed by atoms with Crippen molar-refractivity contribution < 1.29 is 0 Å². The van der Waals surface area contributed by atoms with Gasteiger partial charge in [0.2, 0.25) is 0 Å². The summed E-state index contributed by atoms with van der Waals surface area (Å²) in [4.78, 5) is 8.68. The number of halogens is 1. The van der Waals surface area contributed by atoms with Crippen molar-refractivity contribution in [3.63, 3.8) is 0 Å². The number of fused-ring (bicyclic) bond motifs is 1. The van der Waals surface area contributed by atoms with E-state index >= 15 is 0 Å². The van der Waals surface area contributed by atoms with Crippen LogP contribution in [0.3, 0.4) is 0 Å². The van der Waals surface area contributed by atoms with Crippen molar-refractivity contribution in [2.75, 3.05) is 5.32 Å². The molecule has 0 aliphatic rings. The summed E-state index contributed by atoms with van der Waals surface area (Å²) in [5, 5.41) is 8.40. The largest absolute Gasteiger partial charge is 0.340 e. The first-order valence-corrected chi connectivity index (χ1v) is 7.28. The highest BCUT2D eigenvalue weighted by Gasteiger charge is 2.14. The molecule has 2 aromatic heterocycles. The van der Waals surface area contributed by atoms with Crippen molar-refractivity contribution in [3.05, 3.63) is 46.9 Å². The molecular weight excluding hydrogens is 286 g/mol. The van der Waals surface area contributed by atoms with E-state index in [1.807, 2.05) is 31.2 Å². The fourth-order valence-corrected chi connectivity index (χ4v) is 2.46. The molecule has 0 aliphatic carbocycles. The van der Waals surface area contributed by atoms with Crippen LogP contribution in [0.5, 0.6) is 0 Å². The lowest BCUT2D eigenvalue weighted by atomic mass is 10.1. The first-order valence-electron chi connectivity index (χ1n) is 6.91. The van der Waals surface area contributed by atoms with Crippen molar-refractivity contribution in [3.8, 4) is 0 Å². The summed E-state index contributed by atoms with van der Waals surface area (Å²) in [5.74, 6) is 1.52. The van der Waals surface area contributed by atoms with E-state index in [2.05, 4.69) is 27.3 Å². The van der Waals surface area contributed by atoms with Gasteiger partial charge in [0.15, 0.2) is 0 Å². The average Bonchev–Trinajstić information content (AvgIpc) is 2.93. The third-order valence-electron chi connectivity index (χ3n) is 3.34. The monoisotopic (exact) mass is 301 g/mol. The summed E-state index contributed by atoms with van der Waals surface area (Å²) in [7, 11) is 0. The Hall–Kier alpha value is -2.14. The summed E-state index contributed by atoms with van der Waals surface area (Å²) >= 11 is 5.93. The fourth-order valence-electron chi connectivity index (χ4n) is 2.33. The molecule has 0 unspecified atom stereocenters. The number of benzene rings is 1. The number of aryl methyl sites for hydroxylation is 1. The smallest absolute Gasteiger partial charge is 0.254 e. The predicted octanol–water partition coefficient (Wildman–Crippen LogP) is 3.78. The first-order chi connectivity index (χ1) is 10.2. The molecule has 1 aromatic carbocycles. The van der Waals surface area contributed by atoms with E-state index in [1.54, 1.807) is 4.52 Å². The maximum atomic E-state index is 5.93. The van der Waals surface area contributed by atoms with Gasteiger partial charge in [-0.3, -0.25) is 0 Å². The molecule has 6 heteroatoms. The van der Waals surface area contributed by atoms with Gasteiger partial charge in [0.25, 0.3) is 5.78 Å². The Balaban J connectivity index is 2.11. The van der Waals surface area contributed by atoms with E-state index in [9.17, 15) is 0 Å². The van der Waals surface area contributed by atoms with Crippen LogP contribution in [0.2, 0.25) is 5.02 Å². The van der Waals surface area contributed by atoms with E-state index in [-0.39, 0.29) is 0 Å². The molecule has 108 valence electrons. The Morgan fingerprint density at radius 3 is 2.71 bits per heavy atom. The second-order valence-electron chi connectivity index (χ2n) is 4.88. The second kappa shape index (κ2) is 5.69. The van der Waals surface area contributed by atoms with E-state index in [0.717, 1.165) is 35.6 Å². The molecule has 0 radical (unpaired) electrons. The molecule has 0 saturated heterocycles. The number of nitrogens with zero attached hydrogens (tertiary/aromatic N) is 4. The van der Waals surface area contributed by atoms with Crippen LogP contribution in [0.1, 0.15) is 24.6 Å². The normalized spacial score (nSPS) is 11.0. The van der Waals surface area contributed by atoms with Crippen LogP contribution in [0.15, 0.2) is 30.6 Å². The maximum absolute atomic E-state index is 5.93. The van der Waals surface area contributed by atoms with Gasteiger partial charge < -0.3 is 5.32 Å². The van der Waals surface area contributed by atoms with Crippen molar-refractivity contribution in [1.82, 2.24) is 19.6 Å². The number of rotatable bonds is 4. The Labute approximate surface area is 128 Å². The van der Waals surface area contributed by atoms with Crippen molar-refractivity contribution in [2.24, 2.45) is 0 Å². The van der Waals surface area contributed by atoms with E-state index in [4.69, 9.17) is 11.6 Å². The zero-order chi connectivity index (χ0) is 14.8. The average molecular weight is 302 g/mol. The minimum Gasteiger partial charge on any atom is -0.340 e. The van der Waals surface area contributed by atoms with Crippen molar-refractivity contribution >= 4 is 28.9 Å². The van der Waals surface area contributed by atoms with Crippen LogP contribution in [0, 0.1) is 6.92 Å². The van der Waals surface area contributed by atoms with Gasteiger partial charge in [0.1, 0.15) is 12.1 Å². The Morgan fingerprint density at radius 2 is 2.00 bits per heavy atom. The Kier molecular flexibility index (Phi) is 3.75. The highest BCUT2D eigenvalue weighted by Crippen LogP contribution is 2.25. The van der Waals surface area contributed by atoms with Crippen molar-refractivity contribution in [2.45, 2.75) is 26.7 Å². The number of hydrogen-bond donors (Lipinski definition) is 1. The van der Waals surface area contributed by atoms with Gasteiger partial charge in [-0.15, -0.1) is 0 Å². The summed E-state index contributed by atoms with van der Waals surface area (Å²) in [6, 6.07) is 7.60. The number of hydrogen-bond acceptors (Lipinski definition) is 4. The minimum absolute atomic E-state index is 0.601. The van der Waals surface area contributed by atoms with Gasteiger partial charge in [0.05, 0.1) is 0 Å². The lowest BCUT2D eigenvalue weighted by Gasteiger charge is -2.14. The summed E-state index contributed by atoms with van der Waals surface area (Å²) in [6.45, 7) is 4.16. The molecule has 0 aliphatic heterocycles. The van der Waals surface area contributed by atoms with Crippen LogP contribution >= 0.6 is 11.6 Å². The van der Waals surface area contributed by atoms with Crippen molar-refractivity contribution in [1.29, 1.82) is 0 Å². The zero-order valence-electron chi connectivity index (χ0n) is 12.0. The number of anilines is 2. The molecule has 0 amide bonds. The molecule has 3 aromatic rings. The maximum Gasteiger partial charge on any atom is 0.254 e. The number of aromatic nitrogens is 4. The molecule has 0 saturated carbocycles. The third kappa shape index (κ3) is 2.69. The standard InChI is InChI=1S/C15H16ClN5/c1-3-4-13-10(2)19-15-17-9-18-21(15)14(13)20-12-7-5-11(16)6-8-12/h5-9,20H,3-4H2,1-2H3. The Bertz CT molecular complexity index is 764. The van der Waals surface area contributed by atoms with Gasteiger partial charge in [-0.1, -0.05) is 24.9 Å². The first kappa shape index (κ1) is 13.8. The molecule has 2 heterocycles. The lowest BCUT2D eigenvalue weighted by Crippen LogP contribution is -2.08. The van der Waals surface area contributed by atoms with Crippen LogP contribution < -0.4 is 5.32 Å². The Morgan fingerprint density at radius 1 is 1.24 bits per heavy atom. The van der Waals surface area contributed by atoms with Gasteiger partial charge in [-0.2, -0.15) is 14.6 Å². The molecule has 0 atom stereocenters. The van der Waals surface area contributed by atoms with Gasteiger partial charge >= 0.3 is 0 Å². The minimum atomic E-state index is 0.601. The lowest BCUT2D eigenvalue weighted by molar-refractivity contribution is 0.856. The fraction of sp³-hybridized carbons (Fsp3) is 0.267. The molecule has 0 bridgehead atoms. The van der Waals surface area contributed by atoms with E-state index in [0.29, 0.717) is 10.8 Å². The van der Waals surface area contributed by atoms with Crippen LogP contribution in [0.4, 0.5) is 11.5 Å². The quantitative estimate of drug-likeness (QED) is 0.796. The zero-order valence-corrected chi connectivity index (χ0v) is 12.7. The number of nitrogens with one attached hydrogen (secondary N) is 1. The molecular formula is C15H16ClN5. The topological polar surface area (TPSA) is 55.1 Å². The van der Waals surface area contributed by atoms with Gasteiger partial charge in [-0.25, -0.2) is 4.98 Å². The summed E-state index contributed by atoms with van der Waals surface area (Å²) in [6.07, 6.45) is 3.49. The second-order valence-corrected chi connectivity index (χ2v) is 5.31. The molecule has 21 heavy (non-hydrogen) atoms. The molecule has 0 spiro atoms. The summed E-state index contributed by atoms with van der Waals surface area (Å²) in [5.41, 5.74) is 3.10. The molecule has 1 N–H and O–H groups in total. The summed E-state index contributed by atoms with van der Waals surface area (Å²) < 4.78 is 1.74. The SMILES string of the molecule is CCCc1c(C)nc2ncnn2c1Nc1ccc(Cl)cc1. The predicted molar refractivity (Wildman–Crippen MR) is 84.2 cm³/mol. The van der Waals surface area contributed by atoms with Crippen LogP contribution in [-0.2, 0) is 6.42 Å². The highest BCUT2D eigenvalue weighted by atomic mass is 35.5. The molecule has 0 fully saturated rings. The molecule has 3 rings (SSSR count). The van der Waals surface area contributed by atoms with E-state index < -0.39 is 0 Å².